The first-order valence-electron chi connectivity index (χ1n) is 10.9. The minimum atomic E-state index is -0.186. The number of aryl methyl sites for hydroxylation is 1. The number of benzene rings is 1. The molecule has 3 rings (SSSR count). The predicted molar refractivity (Wildman–Crippen MR) is 114 cm³/mol. The molecule has 1 heterocycles. The van der Waals surface area contributed by atoms with Gasteiger partial charge < -0.3 is 19.9 Å². The average Bonchev–Trinajstić information content (AvgIpc) is 2.74. The number of hydrogen-bond acceptors (Lipinski definition) is 4. The van der Waals surface area contributed by atoms with E-state index in [1.54, 1.807) is 9.80 Å². The van der Waals surface area contributed by atoms with Gasteiger partial charge in [-0.2, -0.15) is 0 Å². The summed E-state index contributed by atoms with van der Waals surface area (Å²) in [6, 6.07) is 7.74. The van der Waals surface area contributed by atoms with E-state index in [2.05, 4.69) is 5.32 Å². The van der Waals surface area contributed by atoms with Crippen LogP contribution < -0.4 is 5.32 Å². The Kier molecular flexibility index (Phi) is 7.85. The highest BCUT2D eigenvalue weighted by Crippen LogP contribution is 2.29. The fourth-order valence-electron chi connectivity index (χ4n) is 4.59. The summed E-state index contributed by atoms with van der Waals surface area (Å²) in [5, 5.41) is 3.00. The van der Waals surface area contributed by atoms with E-state index < -0.39 is 0 Å². The summed E-state index contributed by atoms with van der Waals surface area (Å²) in [5.41, 5.74) is 2.09. The lowest BCUT2D eigenvalue weighted by atomic mass is 9.82. The van der Waals surface area contributed by atoms with Crippen molar-refractivity contribution in [3.05, 3.63) is 35.4 Å². The van der Waals surface area contributed by atoms with Gasteiger partial charge in [-0.3, -0.25) is 14.4 Å². The number of ether oxygens (including phenoxy) is 1. The summed E-state index contributed by atoms with van der Waals surface area (Å²) >= 11 is 0. The highest BCUT2D eigenvalue weighted by atomic mass is 16.5. The van der Waals surface area contributed by atoms with E-state index in [4.69, 9.17) is 4.74 Å². The highest BCUT2D eigenvalue weighted by Gasteiger charge is 2.37. The third kappa shape index (κ3) is 5.39. The molecule has 1 aromatic rings. The van der Waals surface area contributed by atoms with Gasteiger partial charge in [0.25, 0.3) is 0 Å². The Morgan fingerprint density at radius 1 is 1.10 bits per heavy atom. The zero-order chi connectivity index (χ0) is 21.5. The smallest absolute Gasteiger partial charge is 0.248 e. The fourth-order valence-corrected chi connectivity index (χ4v) is 4.59. The summed E-state index contributed by atoms with van der Waals surface area (Å²) in [5.74, 6) is -0.301. The predicted octanol–water partition coefficient (Wildman–Crippen LogP) is 1.53. The summed E-state index contributed by atoms with van der Waals surface area (Å²) in [6.45, 7) is 3.75. The quantitative estimate of drug-likeness (QED) is 0.809. The summed E-state index contributed by atoms with van der Waals surface area (Å²) in [4.78, 5) is 42.2. The number of nitrogens with zero attached hydrogens (tertiary/aromatic N) is 2. The molecule has 2 aliphatic rings. The number of carbonyl (C=O) groups is 3. The molecule has 0 unspecified atom stereocenters. The van der Waals surface area contributed by atoms with Crippen LogP contribution in [0.4, 0.5) is 0 Å². The zero-order valence-electron chi connectivity index (χ0n) is 18.1. The van der Waals surface area contributed by atoms with Gasteiger partial charge in [-0.1, -0.05) is 37.1 Å². The maximum Gasteiger partial charge on any atom is 0.248 e. The molecular formula is C23H33N3O4. The van der Waals surface area contributed by atoms with Gasteiger partial charge in [0.05, 0.1) is 12.3 Å². The second kappa shape index (κ2) is 10.6. The maximum atomic E-state index is 13.0. The molecule has 1 aromatic carbocycles. The first kappa shape index (κ1) is 22.3. The van der Waals surface area contributed by atoms with Gasteiger partial charge in [0.1, 0.15) is 6.61 Å². The molecule has 2 atom stereocenters. The first-order chi connectivity index (χ1) is 14.5. The molecule has 1 saturated heterocycles. The molecule has 30 heavy (non-hydrogen) atoms. The van der Waals surface area contributed by atoms with Crippen LogP contribution in [0.1, 0.15) is 36.8 Å². The molecule has 0 aromatic heterocycles. The second-order valence-electron chi connectivity index (χ2n) is 8.25. The number of hydrogen-bond donors (Lipinski definition) is 1. The van der Waals surface area contributed by atoms with E-state index in [-0.39, 0.29) is 36.3 Å². The molecule has 0 spiro atoms. The molecule has 7 nitrogen and oxygen atoms in total. The molecule has 2 fully saturated rings. The van der Waals surface area contributed by atoms with Crippen LogP contribution in [0.5, 0.6) is 0 Å². The molecule has 0 radical (unpaired) electrons. The largest absolute Gasteiger partial charge is 0.375 e. The lowest BCUT2D eigenvalue weighted by Crippen LogP contribution is -2.56. The lowest BCUT2D eigenvalue weighted by molar-refractivity contribution is -0.144. The standard InChI is InChI=1S/C23H33N3O4/c1-17-7-3-4-8-18(17)15-21(27)25-12-11-24-23(29)19-9-5-6-10-20(19)26(14-13-25)22(28)16-30-2/h3-4,7-8,19-20H,5-6,9-16H2,1-2H3,(H,24,29)/t19-,20+/m0/s1. The Balaban J connectivity index is 1.77. The summed E-state index contributed by atoms with van der Waals surface area (Å²) in [6.07, 6.45) is 3.93. The number of fused-ring (bicyclic) bond motifs is 1. The molecular weight excluding hydrogens is 382 g/mol. The van der Waals surface area contributed by atoms with Crippen LogP contribution in [0.15, 0.2) is 24.3 Å². The van der Waals surface area contributed by atoms with Crippen molar-refractivity contribution in [2.75, 3.05) is 39.9 Å². The van der Waals surface area contributed by atoms with E-state index >= 15 is 0 Å². The SMILES string of the molecule is COCC(=O)N1CCN(C(=O)Cc2ccccc2C)CCNC(=O)[C@H]2CCCC[C@H]21. The molecule has 0 bridgehead atoms. The topological polar surface area (TPSA) is 79.0 Å². The number of carbonyl (C=O) groups excluding carboxylic acids is 3. The Morgan fingerprint density at radius 3 is 2.63 bits per heavy atom. The molecule has 1 aliphatic heterocycles. The minimum Gasteiger partial charge on any atom is -0.375 e. The molecule has 164 valence electrons. The van der Waals surface area contributed by atoms with Crippen molar-refractivity contribution in [2.45, 2.75) is 45.1 Å². The van der Waals surface area contributed by atoms with Gasteiger partial charge in [0, 0.05) is 39.3 Å². The highest BCUT2D eigenvalue weighted by molar-refractivity contribution is 5.83. The number of rotatable bonds is 4. The van der Waals surface area contributed by atoms with E-state index in [9.17, 15) is 14.4 Å². The minimum absolute atomic E-state index is 0.0110. The Hall–Kier alpha value is -2.41. The monoisotopic (exact) mass is 415 g/mol. The van der Waals surface area contributed by atoms with Gasteiger partial charge in [-0.25, -0.2) is 0 Å². The van der Waals surface area contributed by atoms with Crippen molar-refractivity contribution < 1.29 is 19.1 Å². The van der Waals surface area contributed by atoms with Crippen molar-refractivity contribution >= 4 is 17.7 Å². The third-order valence-corrected chi connectivity index (χ3v) is 6.30. The summed E-state index contributed by atoms with van der Waals surface area (Å²) < 4.78 is 5.09. The van der Waals surface area contributed by atoms with Crippen LogP contribution in [0.2, 0.25) is 0 Å². The number of amides is 3. The molecule has 1 N–H and O–H groups in total. The maximum absolute atomic E-state index is 13.0. The Labute approximate surface area is 178 Å². The lowest BCUT2D eigenvalue weighted by Gasteiger charge is -2.41. The molecule has 1 aliphatic carbocycles. The van der Waals surface area contributed by atoms with Gasteiger partial charge in [-0.15, -0.1) is 0 Å². The second-order valence-corrected chi connectivity index (χ2v) is 8.25. The van der Waals surface area contributed by atoms with E-state index in [1.807, 2.05) is 31.2 Å². The van der Waals surface area contributed by atoms with Crippen molar-refractivity contribution in [3.8, 4) is 0 Å². The third-order valence-electron chi connectivity index (χ3n) is 6.30. The molecule has 7 heteroatoms. The average molecular weight is 416 g/mol. The van der Waals surface area contributed by atoms with Crippen LogP contribution in [-0.4, -0.2) is 73.5 Å². The van der Waals surface area contributed by atoms with Gasteiger partial charge in [0.15, 0.2) is 0 Å². The Bertz CT molecular complexity index is 767. The van der Waals surface area contributed by atoms with Crippen molar-refractivity contribution in [1.82, 2.24) is 15.1 Å². The summed E-state index contributed by atoms with van der Waals surface area (Å²) in [7, 11) is 1.50. The van der Waals surface area contributed by atoms with Crippen LogP contribution in [0, 0.1) is 12.8 Å². The van der Waals surface area contributed by atoms with Crippen LogP contribution in [0.3, 0.4) is 0 Å². The van der Waals surface area contributed by atoms with Gasteiger partial charge in [0.2, 0.25) is 17.7 Å². The van der Waals surface area contributed by atoms with Gasteiger partial charge >= 0.3 is 0 Å². The number of methoxy groups -OCH3 is 1. The zero-order valence-corrected chi connectivity index (χ0v) is 18.1. The van der Waals surface area contributed by atoms with Crippen molar-refractivity contribution in [2.24, 2.45) is 5.92 Å². The first-order valence-corrected chi connectivity index (χ1v) is 10.9. The van der Waals surface area contributed by atoms with E-state index in [0.717, 1.165) is 36.8 Å². The number of nitrogens with one attached hydrogen (secondary N) is 1. The van der Waals surface area contributed by atoms with E-state index in [1.165, 1.54) is 7.11 Å². The van der Waals surface area contributed by atoms with E-state index in [0.29, 0.717) is 32.6 Å². The van der Waals surface area contributed by atoms with Gasteiger partial charge in [-0.05, 0) is 30.9 Å². The van der Waals surface area contributed by atoms with Crippen LogP contribution in [-0.2, 0) is 25.5 Å². The normalized spacial score (nSPS) is 22.8. The van der Waals surface area contributed by atoms with Crippen molar-refractivity contribution in [1.29, 1.82) is 0 Å². The van der Waals surface area contributed by atoms with Crippen molar-refractivity contribution in [3.63, 3.8) is 0 Å². The van der Waals surface area contributed by atoms with Crippen LogP contribution >= 0.6 is 0 Å². The molecule has 3 amide bonds. The Morgan fingerprint density at radius 2 is 1.87 bits per heavy atom. The molecule has 1 saturated carbocycles. The fraction of sp³-hybridized carbons (Fsp3) is 0.609. The van der Waals surface area contributed by atoms with Crippen LogP contribution in [0.25, 0.3) is 0 Å².